The fourth-order valence-electron chi connectivity index (χ4n) is 2.27. The van der Waals surface area contributed by atoms with Crippen LogP contribution in [-0.2, 0) is 11.4 Å². The van der Waals surface area contributed by atoms with E-state index >= 15 is 0 Å². The van der Waals surface area contributed by atoms with E-state index in [0.717, 1.165) is 11.1 Å². The molecule has 0 saturated heterocycles. The predicted octanol–water partition coefficient (Wildman–Crippen LogP) is 4.16. The Kier molecular flexibility index (Phi) is 5.72. The minimum absolute atomic E-state index is 0.280. The summed E-state index contributed by atoms with van der Waals surface area (Å²) in [5, 5.41) is 4.22. The van der Waals surface area contributed by atoms with E-state index in [1.54, 1.807) is 24.7 Å². The van der Waals surface area contributed by atoms with E-state index in [4.69, 9.17) is 4.84 Å². The Labute approximate surface area is 145 Å². The van der Waals surface area contributed by atoms with Crippen LogP contribution in [0.1, 0.15) is 11.1 Å². The van der Waals surface area contributed by atoms with E-state index in [9.17, 15) is 4.39 Å². The first-order valence-electron chi connectivity index (χ1n) is 7.93. The molecule has 3 rings (SSSR count). The van der Waals surface area contributed by atoms with E-state index in [1.807, 2.05) is 53.2 Å². The minimum Gasteiger partial charge on any atom is -0.391 e. The fraction of sp³-hybridized carbons (Fsp3) is 0.100. The zero-order valence-electron chi connectivity index (χ0n) is 13.6. The number of halogens is 1. The van der Waals surface area contributed by atoms with Gasteiger partial charge < -0.3 is 9.40 Å². The minimum atomic E-state index is -0.280. The standard InChI is InChI=1S/C20H18FN3O/c21-19-10-8-18(9-11-19)20(15-24-13-12-22-16-24)23-25-14-4-7-17-5-2-1-3-6-17/h1-13,16H,14-15H2/b7-4+,23-20+. The number of rotatable bonds is 7. The molecule has 0 radical (unpaired) electrons. The maximum absolute atomic E-state index is 13.1. The summed E-state index contributed by atoms with van der Waals surface area (Å²) in [5.41, 5.74) is 2.61. The maximum atomic E-state index is 13.1. The number of aromatic nitrogens is 2. The summed E-state index contributed by atoms with van der Waals surface area (Å²) < 4.78 is 15.0. The fourth-order valence-corrected chi connectivity index (χ4v) is 2.27. The van der Waals surface area contributed by atoms with E-state index < -0.39 is 0 Å². The number of oxime groups is 1. The van der Waals surface area contributed by atoms with Gasteiger partial charge in [-0.1, -0.05) is 53.7 Å². The molecule has 0 aliphatic heterocycles. The Morgan fingerprint density at radius 1 is 1.12 bits per heavy atom. The lowest BCUT2D eigenvalue weighted by Crippen LogP contribution is -2.11. The Bertz CT molecular complexity index is 825. The number of benzene rings is 2. The molecule has 0 aliphatic rings. The SMILES string of the molecule is Fc1ccc(/C(Cn2ccnc2)=N/OC/C=C/c2ccccc2)cc1. The zero-order chi connectivity index (χ0) is 17.3. The van der Waals surface area contributed by atoms with Crippen LogP contribution in [0.5, 0.6) is 0 Å². The molecule has 0 amide bonds. The predicted molar refractivity (Wildman–Crippen MR) is 96.6 cm³/mol. The monoisotopic (exact) mass is 335 g/mol. The van der Waals surface area contributed by atoms with Gasteiger partial charge in [-0.15, -0.1) is 0 Å². The summed E-state index contributed by atoms with van der Waals surface area (Å²) in [6.45, 7) is 0.845. The highest BCUT2D eigenvalue weighted by atomic mass is 19.1. The van der Waals surface area contributed by atoms with Gasteiger partial charge in [0.25, 0.3) is 0 Å². The summed E-state index contributed by atoms with van der Waals surface area (Å²) in [7, 11) is 0. The number of hydrogen-bond donors (Lipinski definition) is 0. The Balaban J connectivity index is 1.66. The summed E-state index contributed by atoms with van der Waals surface area (Å²) >= 11 is 0. The lowest BCUT2D eigenvalue weighted by Gasteiger charge is -2.07. The third kappa shape index (κ3) is 5.14. The largest absolute Gasteiger partial charge is 0.391 e. The van der Waals surface area contributed by atoms with Crippen molar-refractivity contribution in [3.8, 4) is 0 Å². The van der Waals surface area contributed by atoms with Gasteiger partial charge in [0.05, 0.1) is 12.9 Å². The van der Waals surface area contributed by atoms with Crippen molar-refractivity contribution in [1.29, 1.82) is 0 Å². The lowest BCUT2D eigenvalue weighted by atomic mass is 10.1. The van der Waals surface area contributed by atoms with Crippen LogP contribution in [0.25, 0.3) is 6.08 Å². The molecule has 1 aromatic heterocycles. The highest BCUT2D eigenvalue weighted by Crippen LogP contribution is 2.07. The van der Waals surface area contributed by atoms with Gasteiger partial charge in [-0.3, -0.25) is 0 Å². The average Bonchev–Trinajstić information content (AvgIpc) is 3.15. The third-order valence-corrected chi connectivity index (χ3v) is 3.52. The Morgan fingerprint density at radius 2 is 1.92 bits per heavy atom. The molecular formula is C20H18FN3O. The second-order valence-electron chi connectivity index (χ2n) is 5.39. The molecule has 0 saturated carbocycles. The molecule has 3 aromatic rings. The highest BCUT2D eigenvalue weighted by molar-refractivity contribution is 6.00. The molecule has 0 fully saturated rings. The molecule has 4 nitrogen and oxygen atoms in total. The van der Waals surface area contributed by atoms with Crippen molar-refractivity contribution in [2.45, 2.75) is 6.54 Å². The van der Waals surface area contributed by atoms with Gasteiger partial charge in [0.1, 0.15) is 18.1 Å². The first-order chi connectivity index (χ1) is 12.3. The van der Waals surface area contributed by atoms with Crippen LogP contribution in [-0.4, -0.2) is 21.9 Å². The van der Waals surface area contributed by atoms with Crippen LogP contribution < -0.4 is 0 Å². The molecule has 1 heterocycles. The van der Waals surface area contributed by atoms with Crippen molar-refractivity contribution < 1.29 is 9.23 Å². The van der Waals surface area contributed by atoms with Gasteiger partial charge in [-0.05, 0) is 23.8 Å². The van der Waals surface area contributed by atoms with Gasteiger partial charge in [0, 0.05) is 18.0 Å². The summed E-state index contributed by atoms with van der Waals surface area (Å²) in [4.78, 5) is 9.45. The zero-order valence-corrected chi connectivity index (χ0v) is 13.6. The second-order valence-corrected chi connectivity index (χ2v) is 5.39. The van der Waals surface area contributed by atoms with Gasteiger partial charge in [0.2, 0.25) is 0 Å². The average molecular weight is 335 g/mol. The van der Waals surface area contributed by atoms with E-state index in [1.165, 1.54) is 12.1 Å². The van der Waals surface area contributed by atoms with Crippen LogP contribution in [0, 0.1) is 5.82 Å². The van der Waals surface area contributed by atoms with Crippen molar-refractivity contribution in [2.75, 3.05) is 6.61 Å². The van der Waals surface area contributed by atoms with Crippen molar-refractivity contribution >= 4 is 11.8 Å². The summed E-state index contributed by atoms with van der Waals surface area (Å²) in [5.74, 6) is -0.280. The summed E-state index contributed by atoms with van der Waals surface area (Å²) in [6, 6.07) is 16.2. The molecule has 25 heavy (non-hydrogen) atoms. The van der Waals surface area contributed by atoms with Crippen molar-refractivity contribution in [2.24, 2.45) is 5.16 Å². The van der Waals surface area contributed by atoms with E-state index in [-0.39, 0.29) is 5.82 Å². The van der Waals surface area contributed by atoms with Gasteiger partial charge in [0.15, 0.2) is 0 Å². The van der Waals surface area contributed by atoms with E-state index in [0.29, 0.717) is 18.9 Å². The summed E-state index contributed by atoms with van der Waals surface area (Å²) in [6.07, 6.45) is 9.12. The first kappa shape index (κ1) is 16.6. The molecule has 0 spiro atoms. The van der Waals surface area contributed by atoms with Crippen molar-refractivity contribution in [1.82, 2.24) is 9.55 Å². The molecule has 5 heteroatoms. The molecule has 0 aliphatic carbocycles. The molecule has 0 unspecified atom stereocenters. The molecule has 126 valence electrons. The maximum Gasteiger partial charge on any atom is 0.135 e. The number of imidazole rings is 1. The molecule has 2 aromatic carbocycles. The number of hydrogen-bond acceptors (Lipinski definition) is 3. The van der Waals surface area contributed by atoms with Crippen LogP contribution in [0.3, 0.4) is 0 Å². The molecular weight excluding hydrogens is 317 g/mol. The smallest absolute Gasteiger partial charge is 0.135 e. The second kappa shape index (κ2) is 8.59. The van der Waals surface area contributed by atoms with Crippen LogP contribution in [0.2, 0.25) is 0 Å². The van der Waals surface area contributed by atoms with Crippen molar-refractivity contribution in [3.05, 3.63) is 96.3 Å². The number of nitrogens with zero attached hydrogens (tertiary/aromatic N) is 3. The van der Waals surface area contributed by atoms with Crippen LogP contribution >= 0.6 is 0 Å². The van der Waals surface area contributed by atoms with Crippen LogP contribution in [0.4, 0.5) is 4.39 Å². The van der Waals surface area contributed by atoms with E-state index in [2.05, 4.69) is 10.1 Å². The Morgan fingerprint density at radius 3 is 2.64 bits per heavy atom. The third-order valence-electron chi connectivity index (χ3n) is 3.52. The van der Waals surface area contributed by atoms with Gasteiger partial charge >= 0.3 is 0 Å². The Hall–Kier alpha value is -3.21. The molecule has 0 bridgehead atoms. The highest BCUT2D eigenvalue weighted by Gasteiger charge is 2.06. The normalized spacial score (nSPS) is 11.8. The van der Waals surface area contributed by atoms with Gasteiger partial charge in [-0.25, -0.2) is 9.37 Å². The molecule has 0 N–H and O–H groups in total. The van der Waals surface area contributed by atoms with Crippen molar-refractivity contribution in [3.63, 3.8) is 0 Å². The lowest BCUT2D eigenvalue weighted by molar-refractivity contribution is 0.174. The topological polar surface area (TPSA) is 39.4 Å². The van der Waals surface area contributed by atoms with Crippen LogP contribution in [0.15, 0.2) is 84.6 Å². The molecule has 0 atom stereocenters. The first-order valence-corrected chi connectivity index (χ1v) is 7.93. The quantitative estimate of drug-likeness (QED) is 0.369. The van der Waals surface area contributed by atoms with Gasteiger partial charge in [-0.2, -0.15) is 0 Å².